The molecule has 0 N–H and O–H groups in total. The first-order chi connectivity index (χ1) is 5.29. The van der Waals surface area contributed by atoms with Crippen LogP contribution in [0.15, 0.2) is 12.0 Å². The van der Waals surface area contributed by atoms with Gasteiger partial charge in [-0.2, -0.15) is 0 Å². The summed E-state index contributed by atoms with van der Waals surface area (Å²) in [6, 6.07) is 0. The van der Waals surface area contributed by atoms with Crippen molar-refractivity contribution in [2.24, 2.45) is 5.92 Å². The maximum Gasteiger partial charge on any atom is 0.138 e. The molecule has 1 rings (SSSR count). The fourth-order valence-corrected chi connectivity index (χ4v) is 1.19. The molecule has 0 aromatic rings. The second-order valence-corrected chi connectivity index (χ2v) is 3.70. The standard InChI is InChI=1S/C10H18O/c1-9(2)6-4-3-5-7-10-8-11-10/h8-9H,3-7H2,1-2H3. The largest absolute Gasteiger partial charge is 0.463 e. The lowest BCUT2D eigenvalue weighted by molar-refractivity contribution is 0.465. The Labute approximate surface area is 69.4 Å². The summed E-state index contributed by atoms with van der Waals surface area (Å²) in [6.07, 6.45) is 8.43. The average Bonchev–Trinajstić information content (AvgIpc) is 2.70. The molecular formula is C10H18O. The summed E-state index contributed by atoms with van der Waals surface area (Å²) >= 11 is 0. The summed E-state index contributed by atoms with van der Waals surface area (Å²) in [4.78, 5) is 0. The molecule has 0 aliphatic carbocycles. The molecule has 0 aromatic carbocycles. The molecule has 1 nitrogen and oxygen atoms in total. The minimum absolute atomic E-state index is 0.867. The quantitative estimate of drug-likeness (QED) is 0.534. The van der Waals surface area contributed by atoms with Crippen LogP contribution in [0.5, 0.6) is 0 Å². The van der Waals surface area contributed by atoms with Crippen molar-refractivity contribution < 1.29 is 4.74 Å². The molecule has 0 atom stereocenters. The fraction of sp³-hybridized carbons (Fsp3) is 0.800. The van der Waals surface area contributed by atoms with Gasteiger partial charge >= 0.3 is 0 Å². The predicted octanol–water partition coefficient (Wildman–Crippen LogP) is 3.46. The van der Waals surface area contributed by atoms with Gasteiger partial charge < -0.3 is 4.74 Å². The van der Waals surface area contributed by atoms with Gasteiger partial charge in [-0.15, -0.1) is 0 Å². The van der Waals surface area contributed by atoms with Crippen molar-refractivity contribution in [1.82, 2.24) is 0 Å². The molecule has 0 bridgehead atoms. The van der Waals surface area contributed by atoms with Crippen LogP contribution in [0.3, 0.4) is 0 Å². The molecule has 0 saturated carbocycles. The van der Waals surface area contributed by atoms with Crippen LogP contribution in [0.2, 0.25) is 0 Å². The zero-order valence-corrected chi connectivity index (χ0v) is 7.60. The molecule has 0 fully saturated rings. The highest BCUT2D eigenvalue weighted by Crippen LogP contribution is 2.21. The highest BCUT2D eigenvalue weighted by atomic mass is 16.5. The molecule has 11 heavy (non-hydrogen) atoms. The summed E-state index contributed by atoms with van der Waals surface area (Å²) in [5.41, 5.74) is 0. The fourth-order valence-electron chi connectivity index (χ4n) is 1.19. The first kappa shape index (κ1) is 8.63. The normalized spacial score (nSPS) is 14.6. The van der Waals surface area contributed by atoms with E-state index in [1.165, 1.54) is 31.4 Å². The lowest BCUT2D eigenvalue weighted by Gasteiger charge is -2.02. The van der Waals surface area contributed by atoms with Gasteiger partial charge in [-0.05, 0) is 12.3 Å². The van der Waals surface area contributed by atoms with Crippen molar-refractivity contribution in [1.29, 1.82) is 0 Å². The van der Waals surface area contributed by atoms with Crippen LogP contribution in [-0.2, 0) is 4.74 Å². The third kappa shape index (κ3) is 4.88. The molecule has 0 aromatic heterocycles. The van der Waals surface area contributed by atoms with E-state index in [2.05, 4.69) is 13.8 Å². The van der Waals surface area contributed by atoms with Crippen LogP contribution in [0, 0.1) is 5.92 Å². The first-order valence-electron chi connectivity index (χ1n) is 4.65. The van der Waals surface area contributed by atoms with Gasteiger partial charge in [-0.1, -0.05) is 33.1 Å². The Kier molecular flexibility index (Phi) is 3.47. The van der Waals surface area contributed by atoms with E-state index in [0.29, 0.717) is 0 Å². The van der Waals surface area contributed by atoms with Crippen molar-refractivity contribution >= 4 is 0 Å². The number of allylic oxidation sites excluding steroid dienone is 1. The van der Waals surface area contributed by atoms with Crippen molar-refractivity contribution in [2.45, 2.75) is 46.0 Å². The van der Waals surface area contributed by atoms with E-state index in [9.17, 15) is 0 Å². The van der Waals surface area contributed by atoms with Gasteiger partial charge in [0, 0.05) is 6.42 Å². The van der Waals surface area contributed by atoms with Gasteiger partial charge in [-0.25, -0.2) is 0 Å². The Hall–Kier alpha value is -0.460. The molecule has 0 amide bonds. The van der Waals surface area contributed by atoms with E-state index in [1.807, 2.05) is 6.26 Å². The first-order valence-corrected chi connectivity index (χ1v) is 4.65. The Morgan fingerprint density at radius 3 is 2.55 bits per heavy atom. The van der Waals surface area contributed by atoms with Gasteiger partial charge in [0.05, 0.1) is 0 Å². The van der Waals surface area contributed by atoms with E-state index in [4.69, 9.17) is 4.74 Å². The van der Waals surface area contributed by atoms with Crippen molar-refractivity contribution in [3.05, 3.63) is 12.0 Å². The third-order valence-electron chi connectivity index (χ3n) is 1.99. The molecule has 0 unspecified atom stereocenters. The topological polar surface area (TPSA) is 12.5 Å². The molecule has 1 aliphatic heterocycles. The number of rotatable bonds is 6. The second-order valence-electron chi connectivity index (χ2n) is 3.70. The molecule has 1 heteroatoms. The highest BCUT2D eigenvalue weighted by molar-refractivity contribution is 5.01. The minimum Gasteiger partial charge on any atom is -0.463 e. The van der Waals surface area contributed by atoms with Crippen molar-refractivity contribution in [3.63, 3.8) is 0 Å². The van der Waals surface area contributed by atoms with Crippen molar-refractivity contribution in [3.8, 4) is 0 Å². The zero-order chi connectivity index (χ0) is 8.10. The molecule has 0 saturated heterocycles. The summed E-state index contributed by atoms with van der Waals surface area (Å²) in [5.74, 6) is 2.07. The lowest BCUT2D eigenvalue weighted by Crippen LogP contribution is -1.86. The molecule has 0 radical (unpaired) electrons. The number of ether oxygens (including phenoxy) is 1. The lowest BCUT2D eigenvalue weighted by atomic mass is 10.0. The molecule has 1 aliphatic rings. The van der Waals surface area contributed by atoms with Crippen LogP contribution >= 0.6 is 0 Å². The summed E-state index contributed by atoms with van der Waals surface area (Å²) in [6.45, 7) is 4.57. The molecule has 1 heterocycles. The molecule has 64 valence electrons. The van der Waals surface area contributed by atoms with Gasteiger partial charge in [0.15, 0.2) is 0 Å². The second kappa shape index (κ2) is 4.42. The van der Waals surface area contributed by atoms with E-state index in [1.54, 1.807) is 0 Å². The summed E-state index contributed by atoms with van der Waals surface area (Å²) in [5, 5.41) is 0. The smallest absolute Gasteiger partial charge is 0.138 e. The summed E-state index contributed by atoms with van der Waals surface area (Å²) < 4.78 is 4.93. The predicted molar refractivity (Wildman–Crippen MR) is 47.1 cm³/mol. The highest BCUT2D eigenvalue weighted by Gasteiger charge is 2.07. The van der Waals surface area contributed by atoms with Crippen LogP contribution in [0.1, 0.15) is 46.0 Å². The SMILES string of the molecule is CC(C)CCCCCC1=CO1. The van der Waals surface area contributed by atoms with Gasteiger partial charge in [-0.3, -0.25) is 0 Å². The average molecular weight is 154 g/mol. The van der Waals surface area contributed by atoms with Crippen molar-refractivity contribution in [2.75, 3.05) is 0 Å². The van der Waals surface area contributed by atoms with Crippen LogP contribution in [-0.4, -0.2) is 0 Å². The molecular weight excluding hydrogens is 136 g/mol. The maximum absolute atomic E-state index is 4.93. The van der Waals surface area contributed by atoms with Crippen LogP contribution < -0.4 is 0 Å². The zero-order valence-electron chi connectivity index (χ0n) is 7.60. The van der Waals surface area contributed by atoms with E-state index in [0.717, 1.165) is 12.3 Å². The molecule has 0 spiro atoms. The number of unbranched alkanes of at least 4 members (excludes halogenated alkanes) is 2. The van der Waals surface area contributed by atoms with Crippen LogP contribution in [0.4, 0.5) is 0 Å². The third-order valence-corrected chi connectivity index (χ3v) is 1.99. The van der Waals surface area contributed by atoms with E-state index in [-0.39, 0.29) is 0 Å². The van der Waals surface area contributed by atoms with E-state index < -0.39 is 0 Å². The van der Waals surface area contributed by atoms with Crippen LogP contribution in [0.25, 0.3) is 0 Å². The number of hydrogen-bond donors (Lipinski definition) is 0. The van der Waals surface area contributed by atoms with E-state index >= 15 is 0 Å². The maximum atomic E-state index is 4.93. The Morgan fingerprint density at radius 2 is 2.00 bits per heavy atom. The summed E-state index contributed by atoms with van der Waals surface area (Å²) in [7, 11) is 0. The van der Waals surface area contributed by atoms with Gasteiger partial charge in [0.25, 0.3) is 0 Å². The number of hydrogen-bond acceptors (Lipinski definition) is 1. The van der Waals surface area contributed by atoms with Gasteiger partial charge in [0.1, 0.15) is 12.0 Å². The Morgan fingerprint density at radius 1 is 1.27 bits per heavy atom. The van der Waals surface area contributed by atoms with Gasteiger partial charge in [0.2, 0.25) is 0 Å². The monoisotopic (exact) mass is 154 g/mol. The minimum atomic E-state index is 0.867. The Bertz CT molecular complexity index is 136. The Balaban J connectivity index is 1.76.